The van der Waals surface area contributed by atoms with Crippen LogP contribution in [0.25, 0.3) is 55.7 Å². The van der Waals surface area contributed by atoms with Gasteiger partial charge in [0.05, 0.1) is 16.7 Å². The molecule has 4 heteroatoms. The molecule has 0 saturated carbocycles. The Hall–Kier alpha value is -4.70. The number of pyridine rings is 1. The number of benzene rings is 4. The van der Waals surface area contributed by atoms with Gasteiger partial charge >= 0.3 is 0 Å². The predicted octanol–water partition coefficient (Wildman–Crippen LogP) is 7.49. The molecule has 0 amide bonds. The molecule has 0 unspecified atom stereocenters. The zero-order valence-electron chi connectivity index (χ0n) is 19.3. The number of fused-ring (bicyclic) bond motifs is 4. The maximum atomic E-state index is 4.99. The van der Waals surface area contributed by atoms with E-state index < -0.39 is 0 Å². The van der Waals surface area contributed by atoms with E-state index in [9.17, 15) is 0 Å². The summed E-state index contributed by atoms with van der Waals surface area (Å²) in [5, 5.41) is 2.53. The Balaban J connectivity index is 1.43. The van der Waals surface area contributed by atoms with Gasteiger partial charge in [0, 0.05) is 28.2 Å². The normalized spacial score (nSPS) is 11.6. The Bertz CT molecular complexity index is 1800. The Morgan fingerprint density at radius 3 is 1.97 bits per heavy atom. The minimum absolute atomic E-state index is 0.864. The highest BCUT2D eigenvalue weighted by Gasteiger charge is 2.17. The van der Waals surface area contributed by atoms with E-state index in [0.29, 0.717) is 0 Å². The fourth-order valence-electron chi connectivity index (χ4n) is 5.11. The molecule has 7 aromatic rings. The third kappa shape index (κ3) is 3.00. The zero-order chi connectivity index (χ0) is 23.4. The second kappa shape index (κ2) is 7.67. The number of hydrogen-bond acceptors (Lipinski definition) is 2. The molecule has 0 N–H and O–H groups in total. The molecule has 0 bridgehead atoms. The number of para-hydroxylation sites is 3. The summed E-state index contributed by atoms with van der Waals surface area (Å²) in [5.41, 5.74) is 8.62. The molecule has 4 nitrogen and oxygen atoms in total. The van der Waals surface area contributed by atoms with E-state index in [1.165, 1.54) is 27.4 Å². The minimum Gasteiger partial charge on any atom is -0.309 e. The molecular weight excluding hydrogens is 428 g/mol. The summed E-state index contributed by atoms with van der Waals surface area (Å²) in [6.07, 6.45) is 1.83. The van der Waals surface area contributed by atoms with Crippen molar-refractivity contribution in [1.82, 2.24) is 19.1 Å². The van der Waals surface area contributed by atoms with Crippen molar-refractivity contribution in [1.29, 1.82) is 0 Å². The van der Waals surface area contributed by atoms with Crippen LogP contribution in [0.4, 0.5) is 0 Å². The lowest BCUT2D eigenvalue weighted by Crippen LogP contribution is -2.01. The lowest BCUT2D eigenvalue weighted by molar-refractivity contribution is 1.06. The van der Waals surface area contributed by atoms with Gasteiger partial charge in [-0.1, -0.05) is 54.6 Å². The Labute approximate surface area is 202 Å². The van der Waals surface area contributed by atoms with Crippen LogP contribution in [0.15, 0.2) is 115 Å². The first-order valence-electron chi connectivity index (χ1n) is 11.8. The van der Waals surface area contributed by atoms with Crippen LogP contribution < -0.4 is 0 Å². The van der Waals surface area contributed by atoms with Crippen molar-refractivity contribution in [2.24, 2.45) is 0 Å². The van der Waals surface area contributed by atoms with Crippen molar-refractivity contribution in [3.8, 4) is 22.8 Å². The Morgan fingerprint density at radius 2 is 1.26 bits per heavy atom. The molecule has 0 aliphatic rings. The van der Waals surface area contributed by atoms with Crippen LogP contribution in [0.5, 0.6) is 0 Å². The number of aromatic nitrogens is 4. The van der Waals surface area contributed by atoms with Gasteiger partial charge in [0.15, 0.2) is 5.65 Å². The number of nitrogens with zero attached hydrogens (tertiary/aromatic N) is 4. The summed E-state index contributed by atoms with van der Waals surface area (Å²) in [7, 11) is 0. The topological polar surface area (TPSA) is 35.6 Å². The minimum atomic E-state index is 0.864. The summed E-state index contributed by atoms with van der Waals surface area (Å²) in [5.74, 6) is 0.891. The maximum absolute atomic E-state index is 4.99. The van der Waals surface area contributed by atoms with Gasteiger partial charge in [0.25, 0.3) is 0 Å². The zero-order valence-corrected chi connectivity index (χ0v) is 19.3. The van der Waals surface area contributed by atoms with E-state index in [0.717, 1.165) is 33.9 Å². The first kappa shape index (κ1) is 19.7. The van der Waals surface area contributed by atoms with E-state index in [1.54, 1.807) is 0 Å². The lowest BCUT2D eigenvalue weighted by atomic mass is 10.1. The summed E-state index contributed by atoms with van der Waals surface area (Å²) in [6, 6.07) is 38.2. The molecule has 0 atom stereocenters. The van der Waals surface area contributed by atoms with Crippen LogP contribution in [0, 0.1) is 6.92 Å². The first-order chi connectivity index (χ1) is 17.3. The molecule has 3 aromatic heterocycles. The average Bonchev–Trinajstić information content (AvgIpc) is 3.45. The summed E-state index contributed by atoms with van der Waals surface area (Å²) in [6.45, 7) is 2.12. The molecule has 35 heavy (non-hydrogen) atoms. The fourth-order valence-corrected chi connectivity index (χ4v) is 5.11. The standard InChI is InChI=1S/C31H22N4/c1-21-9-2-5-13-27(21)35-30(33-26-12-8-20-32-31(26)35)22-16-18-23(19-17-22)34-28-14-6-3-10-24(28)25-11-4-7-15-29(25)34/h2-20H,1H3. The van der Waals surface area contributed by atoms with Crippen LogP contribution in [0.2, 0.25) is 0 Å². The van der Waals surface area contributed by atoms with Gasteiger partial charge in [-0.3, -0.25) is 4.57 Å². The molecule has 0 fully saturated rings. The van der Waals surface area contributed by atoms with Crippen molar-refractivity contribution < 1.29 is 0 Å². The Kier molecular flexibility index (Phi) is 4.33. The fraction of sp³-hybridized carbons (Fsp3) is 0.0323. The van der Waals surface area contributed by atoms with Crippen LogP contribution in [0.1, 0.15) is 5.56 Å². The maximum Gasteiger partial charge on any atom is 0.164 e. The van der Waals surface area contributed by atoms with E-state index in [1.807, 2.05) is 18.3 Å². The molecule has 166 valence electrons. The highest BCUT2D eigenvalue weighted by Crippen LogP contribution is 2.33. The van der Waals surface area contributed by atoms with Gasteiger partial charge in [-0.25, -0.2) is 9.97 Å². The van der Waals surface area contributed by atoms with E-state index in [2.05, 4.69) is 118 Å². The van der Waals surface area contributed by atoms with E-state index >= 15 is 0 Å². The Morgan fingerprint density at radius 1 is 0.600 bits per heavy atom. The smallest absolute Gasteiger partial charge is 0.164 e. The van der Waals surface area contributed by atoms with Gasteiger partial charge in [0.2, 0.25) is 0 Å². The quantitative estimate of drug-likeness (QED) is 0.279. The summed E-state index contributed by atoms with van der Waals surface area (Å²) >= 11 is 0. The van der Waals surface area contributed by atoms with Crippen LogP contribution in [0.3, 0.4) is 0 Å². The highest BCUT2D eigenvalue weighted by molar-refractivity contribution is 6.09. The van der Waals surface area contributed by atoms with Crippen LogP contribution in [-0.2, 0) is 0 Å². The average molecular weight is 451 g/mol. The van der Waals surface area contributed by atoms with Gasteiger partial charge in [0.1, 0.15) is 11.3 Å². The summed E-state index contributed by atoms with van der Waals surface area (Å²) in [4.78, 5) is 9.65. The van der Waals surface area contributed by atoms with Crippen molar-refractivity contribution in [2.45, 2.75) is 6.92 Å². The number of imidazole rings is 1. The number of hydrogen-bond donors (Lipinski definition) is 0. The largest absolute Gasteiger partial charge is 0.309 e. The first-order valence-corrected chi connectivity index (χ1v) is 11.8. The third-order valence-corrected chi connectivity index (χ3v) is 6.74. The van der Waals surface area contributed by atoms with Crippen molar-refractivity contribution in [3.05, 3.63) is 121 Å². The lowest BCUT2D eigenvalue weighted by Gasteiger charge is -2.13. The van der Waals surface area contributed by atoms with Crippen molar-refractivity contribution in [2.75, 3.05) is 0 Å². The van der Waals surface area contributed by atoms with Crippen LogP contribution >= 0.6 is 0 Å². The molecule has 0 aliphatic carbocycles. The number of rotatable bonds is 3. The van der Waals surface area contributed by atoms with Gasteiger partial charge in [-0.05, 0) is 67.1 Å². The summed E-state index contributed by atoms with van der Waals surface area (Å²) < 4.78 is 4.50. The van der Waals surface area contributed by atoms with E-state index in [-0.39, 0.29) is 0 Å². The van der Waals surface area contributed by atoms with Crippen molar-refractivity contribution >= 4 is 33.0 Å². The van der Waals surface area contributed by atoms with E-state index in [4.69, 9.17) is 4.98 Å². The molecule has 0 spiro atoms. The van der Waals surface area contributed by atoms with Gasteiger partial charge in [-0.2, -0.15) is 0 Å². The second-order valence-corrected chi connectivity index (χ2v) is 8.82. The molecular formula is C31H22N4. The number of aryl methyl sites for hydroxylation is 1. The predicted molar refractivity (Wildman–Crippen MR) is 143 cm³/mol. The monoisotopic (exact) mass is 450 g/mol. The van der Waals surface area contributed by atoms with Gasteiger partial charge in [-0.15, -0.1) is 0 Å². The molecule has 4 aromatic carbocycles. The van der Waals surface area contributed by atoms with Crippen molar-refractivity contribution in [3.63, 3.8) is 0 Å². The molecule has 0 saturated heterocycles. The second-order valence-electron chi connectivity index (χ2n) is 8.82. The molecule has 3 heterocycles. The third-order valence-electron chi connectivity index (χ3n) is 6.74. The molecule has 0 aliphatic heterocycles. The molecule has 7 rings (SSSR count). The van der Waals surface area contributed by atoms with Gasteiger partial charge < -0.3 is 4.57 Å². The van der Waals surface area contributed by atoms with Crippen LogP contribution in [-0.4, -0.2) is 19.1 Å². The highest BCUT2D eigenvalue weighted by atomic mass is 15.1. The molecule has 0 radical (unpaired) electrons. The SMILES string of the molecule is Cc1ccccc1-n1c(-c2ccc(-n3c4ccccc4c4ccccc43)cc2)nc2cccnc21.